The summed E-state index contributed by atoms with van der Waals surface area (Å²) in [5.74, 6) is 0.695. The Morgan fingerprint density at radius 1 is 1.39 bits per heavy atom. The highest BCUT2D eigenvalue weighted by Crippen LogP contribution is 2.18. The Morgan fingerprint density at radius 2 is 2.04 bits per heavy atom. The highest BCUT2D eigenvalue weighted by Gasteiger charge is 2.34. The van der Waals surface area contributed by atoms with Gasteiger partial charge in [-0.25, -0.2) is 17.9 Å². The van der Waals surface area contributed by atoms with Crippen molar-refractivity contribution in [3.05, 3.63) is 29.8 Å². The summed E-state index contributed by atoms with van der Waals surface area (Å²) in [7, 11) is -1.88. The number of benzene rings is 1. The van der Waals surface area contributed by atoms with E-state index in [-0.39, 0.29) is 24.4 Å². The van der Waals surface area contributed by atoms with Crippen molar-refractivity contribution < 1.29 is 23.1 Å². The summed E-state index contributed by atoms with van der Waals surface area (Å²) in [6, 6.07) is 6.71. The lowest BCUT2D eigenvalue weighted by Crippen LogP contribution is -2.39. The molecular weight excluding hydrogens is 320 g/mol. The fourth-order valence-electron chi connectivity index (χ4n) is 2.74. The second-order valence-electron chi connectivity index (χ2n) is 5.75. The number of aryl methyl sites for hydroxylation is 1. The average Bonchev–Trinajstić information content (AvgIpc) is 2.86. The van der Waals surface area contributed by atoms with Crippen LogP contribution in [0.25, 0.3) is 0 Å². The third-order valence-electron chi connectivity index (χ3n) is 3.99. The Bertz CT molecular complexity index is 644. The minimum atomic E-state index is -3.45. The van der Waals surface area contributed by atoms with Gasteiger partial charge in [0, 0.05) is 18.6 Å². The molecule has 128 valence electrons. The number of carboxylic acid groups (broad SMARTS) is 1. The normalized spacial score (nSPS) is 21.4. The van der Waals surface area contributed by atoms with Crippen molar-refractivity contribution in [2.75, 3.05) is 19.4 Å². The molecule has 2 N–H and O–H groups in total. The van der Waals surface area contributed by atoms with E-state index < -0.39 is 16.1 Å². The van der Waals surface area contributed by atoms with Crippen LogP contribution in [0.1, 0.15) is 18.9 Å². The number of likely N-dealkylation sites (tertiary alicyclic amines) is 1. The van der Waals surface area contributed by atoms with Gasteiger partial charge in [0.25, 0.3) is 0 Å². The molecule has 2 unspecified atom stereocenters. The fraction of sp³-hybridized carbons (Fsp3) is 0.533. The van der Waals surface area contributed by atoms with Crippen molar-refractivity contribution in [3.8, 4) is 5.75 Å². The average molecular weight is 342 g/mol. The molecule has 1 aromatic carbocycles. The predicted octanol–water partition coefficient (Wildman–Crippen LogP) is 1.30. The first-order chi connectivity index (χ1) is 10.8. The molecule has 7 nitrogen and oxygen atoms in total. The first kappa shape index (κ1) is 17.6. The highest BCUT2D eigenvalue weighted by molar-refractivity contribution is 7.89. The third-order valence-corrected chi connectivity index (χ3v) is 5.42. The third kappa shape index (κ3) is 4.84. The number of rotatable bonds is 6. The molecule has 0 bridgehead atoms. The van der Waals surface area contributed by atoms with E-state index in [0.717, 1.165) is 11.3 Å². The first-order valence-corrected chi connectivity index (χ1v) is 9.08. The summed E-state index contributed by atoms with van der Waals surface area (Å²) < 4.78 is 32.0. The van der Waals surface area contributed by atoms with Crippen LogP contribution in [0.4, 0.5) is 4.79 Å². The molecule has 0 aromatic heterocycles. The lowest BCUT2D eigenvalue weighted by molar-refractivity contribution is 0.143. The molecule has 0 aliphatic carbocycles. The van der Waals surface area contributed by atoms with Crippen molar-refractivity contribution in [2.24, 2.45) is 0 Å². The number of methoxy groups -OCH3 is 1. The van der Waals surface area contributed by atoms with E-state index >= 15 is 0 Å². The molecule has 2 rings (SSSR count). The van der Waals surface area contributed by atoms with Crippen LogP contribution in [0.5, 0.6) is 5.75 Å². The van der Waals surface area contributed by atoms with Crippen LogP contribution >= 0.6 is 0 Å². The van der Waals surface area contributed by atoms with Gasteiger partial charge in [-0.3, -0.25) is 0 Å². The number of carbonyl (C=O) groups is 1. The van der Waals surface area contributed by atoms with E-state index in [9.17, 15) is 13.2 Å². The van der Waals surface area contributed by atoms with Gasteiger partial charge in [-0.15, -0.1) is 0 Å². The van der Waals surface area contributed by atoms with Gasteiger partial charge in [-0.05, 0) is 37.5 Å². The molecule has 1 aromatic rings. The molecule has 0 saturated carbocycles. The maximum Gasteiger partial charge on any atom is 0.407 e. The van der Waals surface area contributed by atoms with E-state index in [1.165, 1.54) is 4.90 Å². The van der Waals surface area contributed by atoms with Crippen LogP contribution in [-0.2, 0) is 16.4 Å². The van der Waals surface area contributed by atoms with Gasteiger partial charge in [0.05, 0.1) is 12.9 Å². The number of amides is 1. The molecule has 8 heteroatoms. The molecule has 1 aliphatic heterocycles. The molecule has 2 atom stereocenters. The number of nitrogens with zero attached hydrogens (tertiary/aromatic N) is 1. The Morgan fingerprint density at radius 3 is 2.57 bits per heavy atom. The second kappa shape index (κ2) is 7.18. The summed E-state index contributed by atoms with van der Waals surface area (Å²) in [5.41, 5.74) is 0.906. The molecule has 0 radical (unpaired) electrons. The molecule has 23 heavy (non-hydrogen) atoms. The summed E-state index contributed by atoms with van der Waals surface area (Å²) in [6.45, 7) is 1.97. The number of nitrogens with one attached hydrogen (secondary N) is 1. The van der Waals surface area contributed by atoms with Crippen LogP contribution in [-0.4, -0.2) is 56.0 Å². The standard InChI is InChI=1S/C15H22N2O5S/c1-11-9-13(10-17(11)15(18)19)16-23(20,21)8-7-12-3-5-14(22-2)6-4-12/h3-6,11,13,16H,7-10H2,1-2H3,(H,18,19). The highest BCUT2D eigenvalue weighted by atomic mass is 32.2. The van der Waals surface area contributed by atoms with E-state index in [4.69, 9.17) is 9.84 Å². The number of sulfonamides is 1. The lowest BCUT2D eigenvalue weighted by atomic mass is 10.2. The molecule has 1 aliphatic rings. The fourth-order valence-corrected chi connectivity index (χ4v) is 4.04. The maximum atomic E-state index is 12.2. The topological polar surface area (TPSA) is 95.9 Å². The summed E-state index contributed by atoms with van der Waals surface area (Å²) >= 11 is 0. The lowest BCUT2D eigenvalue weighted by Gasteiger charge is -2.16. The van der Waals surface area contributed by atoms with E-state index in [1.807, 2.05) is 12.1 Å². The predicted molar refractivity (Wildman–Crippen MR) is 86.2 cm³/mol. The minimum absolute atomic E-state index is 0.0305. The van der Waals surface area contributed by atoms with Crippen LogP contribution in [0.15, 0.2) is 24.3 Å². The number of hydrogen-bond acceptors (Lipinski definition) is 4. The zero-order valence-electron chi connectivity index (χ0n) is 13.2. The smallest absolute Gasteiger partial charge is 0.407 e. The van der Waals surface area contributed by atoms with Gasteiger partial charge in [-0.1, -0.05) is 12.1 Å². The van der Waals surface area contributed by atoms with Crippen LogP contribution in [0, 0.1) is 0 Å². The SMILES string of the molecule is COc1ccc(CCS(=O)(=O)NC2CC(C)N(C(=O)O)C2)cc1. The monoisotopic (exact) mass is 342 g/mol. The van der Waals surface area contributed by atoms with E-state index in [0.29, 0.717) is 12.8 Å². The van der Waals surface area contributed by atoms with Crippen molar-refractivity contribution in [3.63, 3.8) is 0 Å². The number of hydrogen-bond donors (Lipinski definition) is 2. The zero-order valence-corrected chi connectivity index (χ0v) is 14.0. The van der Waals surface area contributed by atoms with E-state index in [2.05, 4.69) is 4.72 Å². The molecule has 1 heterocycles. The van der Waals surface area contributed by atoms with E-state index in [1.54, 1.807) is 26.2 Å². The Balaban J connectivity index is 1.88. The van der Waals surface area contributed by atoms with Crippen LogP contribution in [0.3, 0.4) is 0 Å². The summed E-state index contributed by atoms with van der Waals surface area (Å²) in [5, 5.41) is 9.03. The second-order valence-corrected chi connectivity index (χ2v) is 7.62. The van der Waals surface area contributed by atoms with Gasteiger partial charge in [-0.2, -0.15) is 0 Å². The van der Waals surface area contributed by atoms with Crippen molar-refractivity contribution in [1.82, 2.24) is 9.62 Å². The Labute approximate surface area is 136 Å². The Hall–Kier alpha value is -1.80. The molecule has 1 saturated heterocycles. The molecule has 1 amide bonds. The first-order valence-electron chi connectivity index (χ1n) is 7.43. The zero-order chi connectivity index (χ0) is 17.0. The minimum Gasteiger partial charge on any atom is -0.497 e. The summed E-state index contributed by atoms with van der Waals surface area (Å²) in [4.78, 5) is 12.3. The van der Waals surface area contributed by atoms with Gasteiger partial charge < -0.3 is 14.7 Å². The van der Waals surface area contributed by atoms with Gasteiger partial charge in [0.1, 0.15) is 5.75 Å². The molecule has 1 fully saturated rings. The van der Waals surface area contributed by atoms with Gasteiger partial charge in [0.2, 0.25) is 10.0 Å². The van der Waals surface area contributed by atoms with Crippen molar-refractivity contribution in [2.45, 2.75) is 31.8 Å². The largest absolute Gasteiger partial charge is 0.497 e. The van der Waals surface area contributed by atoms with Crippen molar-refractivity contribution >= 4 is 16.1 Å². The maximum absolute atomic E-state index is 12.2. The number of ether oxygens (including phenoxy) is 1. The quantitative estimate of drug-likeness (QED) is 0.812. The van der Waals surface area contributed by atoms with Crippen LogP contribution < -0.4 is 9.46 Å². The van der Waals surface area contributed by atoms with Gasteiger partial charge >= 0.3 is 6.09 Å². The summed E-state index contributed by atoms with van der Waals surface area (Å²) in [6.07, 6.45) is -0.129. The molecule has 0 spiro atoms. The molecular formula is C15H22N2O5S. The van der Waals surface area contributed by atoms with Crippen LogP contribution in [0.2, 0.25) is 0 Å². The van der Waals surface area contributed by atoms with Crippen molar-refractivity contribution in [1.29, 1.82) is 0 Å². The van der Waals surface area contributed by atoms with Gasteiger partial charge in [0.15, 0.2) is 0 Å². The Kier molecular flexibility index (Phi) is 5.48.